The summed E-state index contributed by atoms with van der Waals surface area (Å²) in [7, 11) is 0. The standard InChI is InChI=1S/C5H12S3/c1-5(7-2)8-4-3-6/h5-6H,3-4H2,1-2H3. The molecule has 0 saturated heterocycles. The molecule has 0 aliphatic rings. The van der Waals surface area contributed by atoms with Gasteiger partial charge < -0.3 is 0 Å². The summed E-state index contributed by atoms with van der Waals surface area (Å²) in [5.41, 5.74) is 0. The summed E-state index contributed by atoms with van der Waals surface area (Å²) in [6, 6.07) is 0. The summed E-state index contributed by atoms with van der Waals surface area (Å²) in [5.74, 6) is 2.17. The molecule has 0 aliphatic heterocycles. The van der Waals surface area contributed by atoms with Crippen LogP contribution in [0.3, 0.4) is 0 Å². The zero-order valence-electron chi connectivity index (χ0n) is 5.26. The third-order valence-electron chi connectivity index (χ3n) is 0.776. The van der Waals surface area contributed by atoms with Gasteiger partial charge >= 0.3 is 0 Å². The summed E-state index contributed by atoms with van der Waals surface area (Å²) in [6.45, 7) is 2.22. The maximum atomic E-state index is 4.10. The van der Waals surface area contributed by atoms with Gasteiger partial charge in [-0.1, -0.05) is 0 Å². The first-order valence-corrected chi connectivity index (χ1v) is 5.53. The van der Waals surface area contributed by atoms with Crippen molar-refractivity contribution in [2.75, 3.05) is 17.8 Å². The van der Waals surface area contributed by atoms with Gasteiger partial charge in [0.05, 0.1) is 0 Å². The fourth-order valence-corrected chi connectivity index (χ4v) is 1.87. The molecule has 0 spiro atoms. The van der Waals surface area contributed by atoms with Crippen LogP contribution >= 0.6 is 36.2 Å². The Labute approximate surface area is 65.6 Å². The lowest BCUT2D eigenvalue weighted by atomic mass is 10.9. The SMILES string of the molecule is CSC(C)SCCS. The Hall–Kier alpha value is 1.05. The Morgan fingerprint density at radius 2 is 2.25 bits per heavy atom. The molecule has 3 heteroatoms. The van der Waals surface area contributed by atoms with Gasteiger partial charge in [0, 0.05) is 10.3 Å². The third kappa shape index (κ3) is 5.19. The Balaban J connectivity index is 2.86. The summed E-state index contributed by atoms with van der Waals surface area (Å²) >= 11 is 7.96. The highest BCUT2D eigenvalue weighted by Gasteiger charge is 1.95. The van der Waals surface area contributed by atoms with Gasteiger partial charge in [0.1, 0.15) is 0 Å². The van der Waals surface area contributed by atoms with E-state index in [9.17, 15) is 0 Å². The van der Waals surface area contributed by atoms with Crippen molar-refractivity contribution >= 4 is 36.2 Å². The minimum absolute atomic E-state index is 0.738. The second-order valence-corrected chi connectivity index (χ2v) is 4.77. The molecule has 0 aliphatic carbocycles. The summed E-state index contributed by atoms with van der Waals surface area (Å²) in [6.07, 6.45) is 2.14. The molecule has 8 heavy (non-hydrogen) atoms. The highest BCUT2D eigenvalue weighted by atomic mass is 32.2. The largest absolute Gasteiger partial charge is 0.179 e. The van der Waals surface area contributed by atoms with Crippen molar-refractivity contribution in [2.45, 2.75) is 11.5 Å². The van der Waals surface area contributed by atoms with Gasteiger partial charge in [0.15, 0.2) is 0 Å². The second-order valence-electron chi connectivity index (χ2n) is 1.40. The molecular formula is C5H12S3. The first-order chi connectivity index (χ1) is 3.81. The van der Waals surface area contributed by atoms with E-state index in [-0.39, 0.29) is 0 Å². The molecule has 0 nitrogen and oxygen atoms in total. The maximum Gasteiger partial charge on any atom is 0.0471 e. The van der Waals surface area contributed by atoms with Gasteiger partial charge in [-0.25, -0.2) is 0 Å². The molecule has 0 aromatic rings. The molecule has 0 saturated carbocycles. The molecule has 1 unspecified atom stereocenters. The highest BCUT2D eigenvalue weighted by molar-refractivity contribution is 8.16. The number of thiol groups is 1. The molecule has 0 rings (SSSR count). The zero-order valence-corrected chi connectivity index (χ0v) is 7.78. The van der Waals surface area contributed by atoms with Crippen LogP contribution in [0, 0.1) is 0 Å². The molecule has 1 atom stereocenters. The molecule has 0 amide bonds. The second kappa shape index (κ2) is 6.17. The molecule has 0 aromatic heterocycles. The molecule has 0 bridgehead atoms. The molecule has 0 N–H and O–H groups in total. The van der Waals surface area contributed by atoms with E-state index >= 15 is 0 Å². The van der Waals surface area contributed by atoms with E-state index in [0.29, 0.717) is 0 Å². The smallest absolute Gasteiger partial charge is 0.0471 e. The fourth-order valence-electron chi connectivity index (χ4n) is 0.287. The predicted molar refractivity (Wildman–Crippen MR) is 49.3 cm³/mol. The minimum Gasteiger partial charge on any atom is -0.179 e. The minimum atomic E-state index is 0.738. The lowest BCUT2D eigenvalue weighted by Crippen LogP contribution is -1.89. The Morgan fingerprint density at radius 3 is 2.62 bits per heavy atom. The third-order valence-corrected chi connectivity index (χ3v) is 3.86. The molecule has 0 heterocycles. The van der Waals surface area contributed by atoms with Crippen LogP contribution in [0.15, 0.2) is 0 Å². The Kier molecular flexibility index (Phi) is 6.98. The first-order valence-electron chi connectivity index (χ1n) is 2.56. The Morgan fingerprint density at radius 1 is 1.62 bits per heavy atom. The summed E-state index contributed by atoms with van der Waals surface area (Å²) in [4.78, 5) is 0. The van der Waals surface area contributed by atoms with E-state index < -0.39 is 0 Å². The van der Waals surface area contributed by atoms with Crippen LogP contribution in [0.25, 0.3) is 0 Å². The van der Waals surface area contributed by atoms with Gasteiger partial charge in [0.25, 0.3) is 0 Å². The molecule has 0 fully saturated rings. The monoisotopic (exact) mass is 168 g/mol. The van der Waals surface area contributed by atoms with Crippen LogP contribution in [-0.2, 0) is 0 Å². The van der Waals surface area contributed by atoms with Crippen LogP contribution in [0.2, 0.25) is 0 Å². The fraction of sp³-hybridized carbons (Fsp3) is 1.00. The first kappa shape index (κ1) is 9.05. The van der Waals surface area contributed by atoms with Crippen molar-refractivity contribution in [3.8, 4) is 0 Å². The summed E-state index contributed by atoms with van der Waals surface area (Å²) < 4.78 is 0.738. The van der Waals surface area contributed by atoms with E-state index in [0.717, 1.165) is 10.3 Å². The number of thioether (sulfide) groups is 2. The summed E-state index contributed by atoms with van der Waals surface area (Å²) in [5, 5.41) is 0. The van der Waals surface area contributed by atoms with Gasteiger partial charge in [-0.3, -0.25) is 0 Å². The van der Waals surface area contributed by atoms with Gasteiger partial charge in [-0.2, -0.15) is 24.4 Å². The van der Waals surface area contributed by atoms with Crippen molar-refractivity contribution in [1.29, 1.82) is 0 Å². The van der Waals surface area contributed by atoms with Crippen molar-refractivity contribution in [2.24, 2.45) is 0 Å². The van der Waals surface area contributed by atoms with Crippen molar-refractivity contribution < 1.29 is 0 Å². The van der Waals surface area contributed by atoms with Crippen LogP contribution in [0.5, 0.6) is 0 Å². The predicted octanol–water partition coefficient (Wildman–Crippen LogP) is 2.36. The normalized spacial score (nSPS) is 13.9. The number of hydrogen-bond donors (Lipinski definition) is 1. The number of hydrogen-bond acceptors (Lipinski definition) is 3. The van der Waals surface area contributed by atoms with E-state index in [1.165, 1.54) is 5.75 Å². The van der Waals surface area contributed by atoms with E-state index in [4.69, 9.17) is 0 Å². The Bertz CT molecular complexity index is 46.9. The number of rotatable bonds is 4. The maximum absolute atomic E-state index is 4.10. The lowest BCUT2D eigenvalue weighted by molar-refractivity contribution is 1.40. The van der Waals surface area contributed by atoms with Crippen LogP contribution in [0.4, 0.5) is 0 Å². The topological polar surface area (TPSA) is 0 Å². The van der Waals surface area contributed by atoms with E-state index in [1.807, 2.05) is 23.5 Å². The lowest BCUT2D eigenvalue weighted by Gasteiger charge is -2.04. The van der Waals surface area contributed by atoms with Gasteiger partial charge in [0.2, 0.25) is 0 Å². The quantitative estimate of drug-likeness (QED) is 0.505. The van der Waals surface area contributed by atoms with Gasteiger partial charge in [-0.05, 0) is 18.9 Å². The van der Waals surface area contributed by atoms with Crippen LogP contribution in [-0.4, -0.2) is 22.3 Å². The van der Waals surface area contributed by atoms with E-state index in [1.54, 1.807) is 0 Å². The van der Waals surface area contributed by atoms with Crippen LogP contribution in [0.1, 0.15) is 6.92 Å². The highest BCUT2D eigenvalue weighted by Crippen LogP contribution is 2.19. The molecule has 0 radical (unpaired) electrons. The van der Waals surface area contributed by atoms with E-state index in [2.05, 4.69) is 25.8 Å². The zero-order chi connectivity index (χ0) is 6.41. The van der Waals surface area contributed by atoms with Crippen molar-refractivity contribution in [3.05, 3.63) is 0 Å². The van der Waals surface area contributed by atoms with Crippen molar-refractivity contribution in [1.82, 2.24) is 0 Å². The molecular weight excluding hydrogens is 156 g/mol. The average molecular weight is 168 g/mol. The molecule has 50 valence electrons. The van der Waals surface area contributed by atoms with Gasteiger partial charge in [-0.15, -0.1) is 11.8 Å². The van der Waals surface area contributed by atoms with Crippen LogP contribution < -0.4 is 0 Å². The molecule has 0 aromatic carbocycles. The van der Waals surface area contributed by atoms with Crippen molar-refractivity contribution in [3.63, 3.8) is 0 Å². The average Bonchev–Trinajstić information content (AvgIpc) is 1.83.